The third-order valence-electron chi connectivity index (χ3n) is 7.29. The van der Waals surface area contributed by atoms with Crippen LogP contribution >= 0.6 is 11.6 Å². The van der Waals surface area contributed by atoms with E-state index in [2.05, 4.69) is 5.32 Å². The molecule has 1 N–H and O–H groups in total. The maximum absolute atomic E-state index is 14.1. The molecule has 0 unspecified atom stereocenters. The zero-order chi connectivity index (χ0) is 28.7. The van der Waals surface area contributed by atoms with Gasteiger partial charge in [-0.15, -0.1) is 0 Å². The fourth-order valence-electron chi connectivity index (χ4n) is 5.03. The molecule has 0 heterocycles. The van der Waals surface area contributed by atoms with E-state index in [1.807, 2.05) is 38.1 Å². The molecule has 3 aromatic rings. The molecular weight excluding hydrogens is 546 g/mol. The quantitative estimate of drug-likeness (QED) is 0.314. The number of halogens is 1. The first-order valence-corrected chi connectivity index (χ1v) is 15.5. The smallest absolute Gasteiger partial charge is 0.264 e. The van der Waals surface area contributed by atoms with Gasteiger partial charge in [-0.25, -0.2) is 8.42 Å². The first kappa shape index (κ1) is 29.6. The van der Waals surface area contributed by atoms with E-state index in [0.717, 1.165) is 41.1 Å². The maximum Gasteiger partial charge on any atom is 0.264 e. The lowest BCUT2D eigenvalue weighted by molar-refractivity contribution is -0.140. The third-order valence-corrected chi connectivity index (χ3v) is 9.33. The molecule has 7 nitrogen and oxygen atoms in total. The van der Waals surface area contributed by atoms with Gasteiger partial charge < -0.3 is 10.2 Å². The van der Waals surface area contributed by atoms with Gasteiger partial charge in [0.25, 0.3) is 10.0 Å². The van der Waals surface area contributed by atoms with Crippen LogP contribution in [-0.4, -0.2) is 43.8 Å². The molecule has 1 aliphatic rings. The van der Waals surface area contributed by atoms with Gasteiger partial charge in [-0.1, -0.05) is 79.4 Å². The van der Waals surface area contributed by atoms with Crippen LogP contribution in [0.2, 0.25) is 5.02 Å². The summed E-state index contributed by atoms with van der Waals surface area (Å²) < 4.78 is 28.7. The average molecular weight is 582 g/mol. The van der Waals surface area contributed by atoms with Crippen molar-refractivity contribution >= 4 is 39.1 Å². The van der Waals surface area contributed by atoms with Crippen molar-refractivity contribution in [1.29, 1.82) is 0 Å². The highest BCUT2D eigenvalue weighted by molar-refractivity contribution is 7.92. The zero-order valence-corrected chi connectivity index (χ0v) is 24.5. The van der Waals surface area contributed by atoms with Gasteiger partial charge >= 0.3 is 0 Å². The summed E-state index contributed by atoms with van der Waals surface area (Å²) in [6.07, 6.45) is 4.38. The van der Waals surface area contributed by atoms with Gasteiger partial charge in [0.2, 0.25) is 11.8 Å². The highest BCUT2D eigenvalue weighted by atomic mass is 35.5. The van der Waals surface area contributed by atoms with Crippen LogP contribution in [0.5, 0.6) is 0 Å². The number of nitrogens with zero attached hydrogens (tertiary/aromatic N) is 2. The van der Waals surface area contributed by atoms with Crippen molar-refractivity contribution in [1.82, 2.24) is 10.2 Å². The van der Waals surface area contributed by atoms with Crippen molar-refractivity contribution in [2.45, 2.75) is 69.5 Å². The number of sulfonamides is 1. The molecular formula is C31H36ClN3O4S. The lowest BCUT2D eigenvalue weighted by atomic mass is 10.1. The van der Waals surface area contributed by atoms with Gasteiger partial charge in [0.15, 0.2) is 0 Å². The largest absolute Gasteiger partial charge is 0.352 e. The highest BCUT2D eigenvalue weighted by Gasteiger charge is 2.34. The Morgan fingerprint density at radius 2 is 1.57 bits per heavy atom. The summed E-state index contributed by atoms with van der Waals surface area (Å²) in [4.78, 5) is 29.2. The summed E-state index contributed by atoms with van der Waals surface area (Å²) in [5.74, 6) is -0.678. The molecule has 40 heavy (non-hydrogen) atoms. The van der Waals surface area contributed by atoms with Gasteiger partial charge in [0.05, 0.1) is 10.6 Å². The fraction of sp³-hybridized carbons (Fsp3) is 0.355. The Morgan fingerprint density at radius 3 is 2.17 bits per heavy atom. The van der Waals surface area contributed by atoms with Crippen LogP contribution in [0.3, 0.4) is 0 Å². The summed E-state index contributed by atoms with van der Waals surface area (Å²) in [5.41, 5.74) is 2.24. The monoisotopic (exact) mass is 581 g/mol. The summed E-state index contributed by atoms with van der Waals surface area (Å²) >= 11 is 6.08. The standard InChI is InChI=1S/C31H36ClN3O4S/c1-3-29(31(37)33-26-9-7-8-10-26)34(21-24-15-13-23(2)14-16-24)30(36)22-35(27-19-17-25(32)18-20-27)40(38,39)28-11-5-4-6-12-28/h4-6,11-20,26,29H,3,7-10,21-22H2,1-2H3,(H,33,37)/t29-/m0/s1. The van der Waals surface area contributed by atoms with Gasteiger partial charge in [-0.05, 0) is 68.1 Å². The summed E-state index contributed by atoms with van der Waals surface area (Å²) in [7, 11) is -4.10. The molecule has 1 atom stereocenters. The first-order valence-electron chi connectivity index (χ1n) is 13.7. The van der Waals surface area contributed by atoms with Gasteiger partial charge in [-0.2, -0.15) is 0 Å². The highest BCUT2D eigenvalue weighted by Crippen LogP contribution is 2.26. The summed E-state index contributed by atoms with van der Waals surface area (Å²) in [6, 6.07) is 21.4. The minimum Gasteiger partial charge on any atom is -0.352 e. The molecule has 1 fully saturated rings. The van der Waals surface area contributed by atoms with Crippen LogP contribution < -0.4 is 9.62 Å². The average Bonchev–Trinajstić information content (AvgIpc) is 3.46. The predicted octanol–water partition coefficient (Wildman–Crippen LogP) is 5.71. The Labute approximate surface area is 242 Å². The number of aryl methyl sites for hydroxylation is 1. The van der Waals surface area contributed by atoms with E-state index in [-0.39, 0.29) is 23.4 Å². The van der Waals surface area contributed by atoms with Crippen LogP contribution in [-0.2, 0) is 26.2 Å². The minimum absolute atomic E-state index is 0.0638. The van der Waals surface area contributed by atoms with E-state index in [0.29, 0.717) is 17.1 Å². The second kappa shape index (κ2) is 13.3. The second-order valence-corrected chi connectivity index (χ2v) is 12.5. The second-order valence-electron chi connectivity index (χ2n) is 10.2. The number of amides is 2. The number of nitrogens with one attached hydrogen (secondary N) is 1. The Bertz CT molecular complexity index is 1390. The summed E-state index contributed by atoms with van der Waals surface area (Å²) in [5, 5.41) is 3.58. The van der Waals surface area contributed by atoms with E-state index in [1.165, 1.54) is 17.0 Å². The number of hydrogen-bond acceptors (Lipinski definition) is 4. The van der Waals surface area contributed by atoms with E-state index in [9.17, 15) is 18.0 Å². The topological polar surface area (TPSA) is 86.8 Å². The van der Waals surface area contributed by atoms with E-state index >= 15 is 0 Å². The minimum atomic E-state index is -4.10. The van der Waals surface area contributed by atoms with Gasteiger partial charge in [-0.3, -0.25) is 13.9 Å². The van der Waals surface area contributed by atoms with Gasteiger partial charge in [0.1, 0.15) is 12.6 Å². The molecule has 1 saturated carbocycles. The van der Waals surface area contributed by atoms with Crippen molar-refractivity contribution < 1.29 is 18.0 Å². The van der Waals surface area contributed by atoms with Crippen LogP contribution in [0.1, 0.15) is 50.2 Å². The lowest BCUT2D eigenvalue weighted by Gasteiger charge is -2.33. The summed E-state index contributed by atoms with van der Waals surface area (Å²) in [6.45, 7) is 3.55. The molecule has 3 aromatic carbocycles. The molecule has 212 valence electrons. The molecule has 0 saturated heterocycles. The number of carbonyl (C=O) groups excluding carboxylic acids is 2. The number of carbonyl (C=O) groups is 2. The number of hydrogen-bond donors (Lipinski definition) is 1. The van der Waals surface area contributed by atoms with Crippen LogP contribution in [0.15, 0.2) is 83.8 Å². The van der Waals surface area contributed by atoms with Crippen molar-refractivity contribution in [3.63, 3.8) is 0 Å². The van der Waals surface area contributed by atoms with Crippen molar-refractivity contribution in [2.24, 2.45) is 0 Å². The van der Waals surface area contributed by atoms with Crippen LogP contribution in [0.4, 0.5) is 5.69 Å². The Morgan fingerprint density at radius 1 is 0.950 bits per heavy atom. The number of anilines is 1. The number of rotatable bonds is 11. The lowest BCUT2D eigenvalue weighted by Crippen LogP contribution is -2.53. The molecule has 9 heteroatoms. The zero-order valence-electron chi connectivity index (χ0n) is 22.9. The van der Waals surface area contributed by atoms with E-state index in [1.54, 1.807) is 42.5 Å². The van der Waals surface area contributed by atoms with Crippen molar-refractivity contribution in [3.8, 4) is 0 Å². The molecule has 0 spiro atoms. The van der Waals surface area contributed by atoms with E-state index < -0.39 is 28.5 Å². The molecule has 0 aromatic heterocycles. The molecule has 0 radical (unpaired) electrons. The predicted molar refractivity (Wildman–Crippen MR) is 159 cm³/mol. The first-order chi connectivity index (χ1) is 19.2. The molecule has 1 aliphatic carbocycles. The normalized spacial score (nSPS) is 14.5. The molecule has 4 rings (SSSR count). The maximum atomic E-state index is 14.1. The van der Waals surface area contributed by atoms with Crippen molar-refractivity contribution in [3.05, 3.63) is 95.0 Å². The van der Waals surface area contributed by atoms with Gasteiger partial charge in [0, 0.05) is 17.6 Å². The third kappa shape index (κ3) is 7.23. The van der Waals surface area contributed by atoms with E-state index in [4.69, 9.17) is 11.6 Å². The van der Waals surface area contributed by atoms with Crippen molar-refractivity contribution in [2.75, 3.05) is 10.8 Å². The SMILES string of the molecule is CC[C@@H](C(=O)NC1CCCC1)N(Cc1ccc(C)cc1)C(=O)CN(c1ccc(Cl)cc1)S(=O)(=O)c1ccccc1. The fourth-order valence-corrected chi connectivity index (χ4v) is 6.59. The molecule has 0 aliphatic heterocycles. The van der Waals surface area contributed by atoms with Crippen LogP contribution in [0, 0.1) is 6.92 Å². The molecule has 2 amide bonds. The number of benzene rings is 3. The Hall–Kier alpha value is -3.36. The van der Waals surface area contributed by atoms with Crippen LogP contribution in [0.25, 0.3) is 0 Å². The Kier molecular flexibility index (Phi) is 9.87. The Balaban J connectivity index is 1.69. The molecule has 0 bridgehead atoms.